The van der Waals surface area contributed by atoms with Crippen LogP contribution in [0.25, 0.3) is 5.65 Å². The summed E-state index contributed by atoms with van der Waals surface area (Å²) in [5.74, 6) is 0.659. The Hall–Kier alpha value is -3.09. The minimum Gasteiger partial charge on any atom is -0.493 e. The molecule has 0 aliphatic carbocycles. The highest BCUT2D eigenvalue weighted by Crippen LogP contribution is 2.26. The van der Waals surface area contributed by atoms with E-state index in [1.165, 1.54) is 16.8 Å². The minimum absolute atomic E-state index is 0.148. The van der Waals surface area contributed by atoms with Gasteiger partial charge in [-0.1, -0.05) is 12.1 Å². The van der Waals surface area contributed by atoms with Crippen molar-refractivity contribution >= 4 is 11.6 Å². The second-order valence-electron chi connectivity index (χ2n) is 4.49. The second-order valence-corrected chi connectivity index (χ2v) is 4.49. The van der Waals surface area contributed by atoms with Crippen LogP contribution in [0.3, 0.4) is 0 Å². The Balaban J connectivity index is 1.81. The van der Waals surface area contributed by atoms with Crippen molar-refractivity contribution in [2.24, 2.45) is 0 Å². The number of hydrogen-bond donors (Lipinski definition) is 1. The molecule has 0 unspecified atom stereocenters. The number of aromatic nitrogens is 3. The average Bonchev–Trinajstić information content (AvgIpc) is 2.95. The van der Waals surface area contributed by atoms with Crippen LogP contribution in [0, 0.1) is 0 Å². The lowest BCUT2D eigenvalue weighted by atomic mass is 10.3. The molecule has 3 aromatic rings. The van der Waals surface area contributed by atoms with Gasteiger partial charge in [0.05, 0.1) is 12.7 Å². The molecule has 112 valence electrons. The first-order valence-electron chi connectivity index (χ1n) is 6.52. The topological polar surface area (TPSA) is 86.0 Å². The fraction of sp³-hybridized carbons (Fsp3) is 0.133. The molecule has 0 atom stereocenters. The first kappa shape index (κ1) is 13.9. The van der Waals surface area contributed by atoms with E-state index in [1.807, 2.05) is 12.1 Å². The maximum Gasteiger partial charge on any atom is 0.337 e. The van der Waals surface area contributed by atoms with Gasteiger partial charge in [-0.2, -0.15) is 0 Å². The number of ether oxygens (including phenoxy) is 2. The number of carboxylic acid groups (broad SMARTS) is 1. The molecule has 0 saturated heterocycles. The van der Waals surface area contributed by atoms with Crippen LogP contribution >= 0.6 is 0 Å². The molecule has 7 nitrogen and oxygen atoms in total. The number of methoxy groups -OCH3 is 1. The molecular weight excluding hydrogens is 286 g/mol. The fourth-order valence-electron chi connectivity index (χ4n) is 2.00. The molecule has 0 saturated carbocycles. The quantitative estimate of drug-likeness (QED) is 0.775. The maximum atomic E-state index is 10.9. The highest BCUT2D eigenvalue weighted by atomic mass is 16.5. The summed E-state index contributed by atoms with van der Waals surface area (Å²) >= 11 is 0. The van der Waals surface area contributed by atoms with Gasteiger partial charge in [-0.15, -0.1) is 5.10 Å². The zero-order valence-corrected chi connectivity index (χ0v) is 11.8. The van der Waals surface area contributed by atoms with Gasteiger partial charge in [0.15, 0.2) is 23.0 Å². The van der Waals surface area contributed by atoms with E-state index >= 15 is 0 Å². The molecule has 0 radical (unpaired) electrons. The van der Waals surface area contributed by atoms with Crippen LogP contribution in [-0.2, 0) is 6.61 Å². The fourth-order valence-corrected chi connectivity index (χ4v) is 2.00. The van der Waals surface area contributed by atoms with E-state index in [4.69, 9.17) is 14.6 Å². The Morgan fingerprint density at radius 1 is 1.23 bits per heavy atom. The molecule has 0 spiro atoms. The normalized spacial score (nSPS) is 10.6. The molecule has 2 aromatic heterocycles. The Bertz CT molecular complexity index is 829. The summed E-state index contributed by atoms with van der Waals surface area (Å²) < 4.78 is 12.3. The summed E-state index contributed by atoms with van der Waals surface area (Å²) in [5.41, 5.74) is 0.707. The number of nitrogens with zero attached hydrogens (tertiary/aromatic N) is 3. The lowest BCUT2D eigenvalue weighted by molar-refractivity contribution is 0.0696. The molecule has 0 aliphatic heterocycles. The van der Waals surface area contributed by atoms with Gasteiger partial charge in [0.2, 0.25) is 0 Å². The number of pyridine rings is 1. The van der Waals surface area contributed by atoms with Gasteiger partial charge in [0, 0.05) is 6.20 Å². The van der Waals surface area contributed by atoms with E-state index in [0.29, 0.717) is 23.0 Å². The Kier molecular flexibility index (Phi) is 3.61. The molecule has 22 heavy (non-hydrogen) atoms. The zero-order valence-electron chi connectivity index (χ0n) is 11.8. The van der Waals surface area contributed by atoms with Crippen molar-refractivity contribution in [3.8, 4) is 11.5 Å². The largest absolute Gasteiger partial charge is 0.493 e. The third kappa shape index (κ3) is 2.69. The van der Waals surface area contributed by atoms with Crippen molar-refractivity contribution in [1.82, 2.24) is 14.6 Å². The van der Waals surface area contributed by atoms with Gasteiger partial charge in [-0.3, -0.25) is 0 Å². The highest BCUT2D eigenvalue weighted by Gasteiger charge is 2.09. The number of hydrogen-bond acceptors (Lipinski definition) is 5. The van der Waals surface area contributed by atoms with Gasteiger partial charge in [-0.05, 0) is 24.3 Å². The molecule has 2 heterocycles. The number of para-hydroxylation sites is 2. The predicted molar refractivity (Wildman–Crippen MR) is 77.3 cm³/mol. The maximum absolute atomic E-state index is 10.9. The number of fused-ring (bicyclic) bond motifs is 1. The molecule has 3 rings (SSSR count). The lowest BCUT2D eigenvalue weighted by Gasteiger charge is -2.08. The third-order valence-corrected chi connectivity index (χ3v) is 3.05. The molecule has 7 heteroatoms. The summed E-state index contributed by atoms with van der Waals surface area (Å²) in [6.45, 7) is 0.157. The van der Waals surface area contributed by atoms with Crippen molar-refractivity contribution in [3.63, 3.8) is 0 Å². The molecule has 1 N–H and O–H groups in total. The lowest BCUT2D eigenvalue weighted by Crippen LogP contribution is -2.01. The smallest absolute Gasteiger partial charge is 0.337 e. The van der Waals surface area contributed by atoms with E-state index in [-0.39, 0.29) is 12.2 Å². The van der Waals surface area contributed by atoms with Crippen molar-refractivity contribution in [1.29, 1.82) is 0 Å². The standard InChI is InChI=1S/C15H13N3O4/c1-21-11-4-2-3-5-12(11)22-9-13-16-14-7-6-10(15(19)20)8-18(14)17-13/h2-8H,9H2,1H3,(H,19,20). The van der Waals surface area contributed by atoms with Crippen molar-refractivity contribution < 1.29 is 19.4 Å². The molecule has 0 fully saturated rings. The average molecular weight is 299 g/mol. The number of rotatable bonds is 5. The molecule has 0 amide bonds. The monoisotopic (exact) mass is 299 g/mol. The minimum atomic E-state index is -1.01. The molecule has 1 aromatic carbocycles. The SMILES string of the molecule is COc1ccccc1OCc1nc2ccc(C(=O)O)cn2n1. The Labute approximate surface area is 125 Å². The van der Waals surface area contributed by atoms with Crippen LogP contribution in [0.2, 0.25) is 0 Å². The van der Waals surface area contributed by atoms with Crippen LogP contribution < -0.4 is 9.47 Å². The number of benzene rings is 1. The number of aromatic carboxylic acids is 1. The summed E-state index contributed by atoms with van der Waals surface area (Å²) in [6.07, 6.45) is 1.41. The Morgan fingerprint density at radius 2 is 2.00 bits per heavy atom. The first-order chi connectivity index (χ1) is 10.7. The van der Waals surface area contributed by atoms with Crippen LogP contribution in [0.4, 0.5) is 0 Å². The summed E-state index contributed by atoms with van der Waals surface area (Å²) in [6, 6.07) is 10.4. The van der Waals surface area contributed by atoms with Gasteiger partial charge in [-0.25, -0.2) is 14.3 Å². The van der Waals surface area contributed by atoms with Gasteiger partial charge < -0.3 is 14.6 Å². The summed E-state index contributed by atoms with van der Waals surface area (Å²) in [5, 5.41) is 13.2. The van der Waals surface area contributed by atoms with Crippen LogP contribution in [-0.4, -0.2) is 32.8 Å². The van der Waals surface area contributed by atoms with Crippen LogP contribution in [0.5, 0.6) is 11.5 Å². The van der Waals surface area contributed by atoms with E-state index in [9.17, 15) is 4.79 Å². The van der Waals surface area contributed by atoms with E-state index in [2.05, 4.69) is 10.1 Å². The molecule has 0 bridgehead atoms. The second kappa shape index (κ2) is 5.72. The van der Waals surface area contributed by atoms with Gasteiger partial charge in [0.1, 0.15) is 6.61 Å². The van der Waals surface area contributed by atoms with Crippen LogP contribution in [0.15, 0.2) is 42.6 Å². The van der Waals surface area contributed by atoms with Gasteiger partial charge in [0.25, 0.3) is 0 Å². The molecule has 0 aliphatic rings. The van der Waals surface area contributed by atoms with Crippen molar-refractivity contribution in [2.75, 3.05) is 7.11 Å². The summed E-state index contributed by atoms with van der Waals surface area (Å²) in [7, 11) is 1.57. The predicted octanol–water partition coefficient (Wildman–Crippen LogP) is 2.02. The zero-order chi connectivity index (χ0) is 15.5. The molecular formula is C15H13N3O4. The summed E-state index contributed by atoms with van der Waals surface area (Å²) in [4.78, 5) is 15.2. The van der Waals surface area contributed by atoms with Crippen molar-refractivity contribution in [3.05, 3.63) is 54.0 Å². The van der Waals surface area contributed by atoms with Gasteiger partial charge >= 0.3 is 5.97 Å². The highest BCUT2D eigenvalue weighted by molar-refractivity contribution is 5.87. The van der Waals surface area contributed by atoms with E-state index in [0.717, 1.165) is 0 Å². The van der Waals surface area contributed by atoms with Crippen LogP contribution in [0.1, 0.15) is 16.2 Å². The van der Waals surface area contributed by atoms with E-state index in [1.54, 1.807) is 25.3 Å². The van der Waals surface area contributed by atoms with Crippen molar-refractivity contribution in [2.45, 2.75) is 6.61 Å². The third-order valence-electron chi connectivity index (χ3n) is 3.05. The van der Waals surface area contributed by atoms with E-state index < -0.39 is 5.97 Å². The number of carboxylic acids is 1. The Morgan fingerprint density at radius 3 is 2.73 bits per heavy atom. The first-order valence-corrected chi connectivity index (χ1v) is 6.52. The number of carbonyl (C=O) groups is 1.